The molecule has 0 unspecified atom stereocenters. The molecule has 1 N–H and O–H groups in total. The average molecular weight is 405 g/mol. The Bertz CT molecular complexity index is 960. The van der Waals surface area contributed by atoms with Crippen LogP contribution in [0.3, 0.4) is 0 Å². The molecule has 0 aliphatic carbocycles. The van der Waals surface area contributed by atoms with Gasteiger partial charge in [-0.3, -0.25) is 9.78 Å². The lowest BCUT2D eigenvalue weighted by Gasteiger charge is -2.20. The zero-order valence-electron chi connectivity index (χ0n) is 17.5. The summed E-state index contributed by atoms with van der Waals surface area (Å²) in [6, 6.07) is 18.6. The van der Waals surface area contributed by atoms with Gasteiger partial charge in [0.1, 0.15) is 0 Å². The smallest absolute Gasteiger partial charge is 0.234 e. The topological polar surface area (TPSA) is 42.0 Å². The second-order valence-electron chi connectivity index (χ2n) is 8.30. The molecule has 1 amide bonds. The van der Waals surface area contributed by atoms with Crippen LogP contribution in [0.5, 0.6) is 0 Å². The first kappa shape index (κ1) is 21.1. The van der Waals surface area contributed by atoms with Crippen molar-refractivity contribution in [3.63, 3.8) is 0 Å². The number of anilines is 1. The summed E-state index contributed by atoms with van der Waals surface area (Å²) < 4.78 is 0. The maximum Gasteiger partial charge on any atom is 0.234 e. The van der Waals surface area contributed by atoms with Gasteiger partial charge in [-0.1, -0.05) is 45.0 Å². The Hall–Kier alpha value is -2.59. The van der Waals surface area contributed by atoms with Gasteiger partial charge in [0, 0.05) is 23.0 Å². The normalized spacial score (nSPS) is 11.3. The summed E-state index contributed by atoms with van der Waals surface area (Å²) in [4.78, 5) is 17.6. The van der Waals surface area contributed by atoms with E-state index in [2.05, 4.69) is 68.3 Å². The summed E-state index contributed by atoms with van der Waals surface area (Å²) in [6.45, 7) is 8.71. The van der Waals surface area contributed by atoms with Crippen molar-refractivity contribution < 1.29 is 4.79 Å². The van der Waals surface area contributed by atoms with Crippen molar-refractivity contribution >= 4 is 23.4 Å². The van der Waals surface area contributed by atoms with Gasteiger partial charge in [0.25, 0.3) is 0 Å². The third-order valence-electron chi connectivity index (χ3n) is 4.81. The van der Waals surface area contributed by atoms with Crippen molar-refractivity contribution in [2.24, 2.45) is 0 Å². The molecule has 150 valence electrons. The van der Waals surface area contributed by atoms with Gasteiger partial charge >= 0.3 is 0 Å². The third kappa shape index (κ3) is 6.20. The van der Waals surface area contributed by atoms with Gasteiger partial charge in [0.2, 0.25) is 5.91 Å². The van der Waals surface area contributed by atoms with Crippen molar-refractivity contribution in [1.29, 1.82) is 0 Å². The lowest BCUT2D eigenvalue weighted by atomic mass is 9.87. The van der Waals surface area contributed by atoms with Crippen LogP contribution in [0.25, 0.3) is 0 Å². The van der Waals surface area contributed by atoms with Crippen LogP contribution in [-0.2, 0) is 16.6 Å². The van der Waals surface area contributed by atoms with Gasteiger partial charge in [-0.25, -0.2) is 0 Å². The molecule has 0 saturated carbocycles. The van der Waals surface area contributed by atoms with Gasteiger partial charge in [0.15, 0.2) is 0 Å². The molecule has 0 saturated heterocycles. The molecule has 3 nitrogen and oxygen atoms in total. The van der Waals surface area contributed by atoms with Crippen LogP contribution in [0, 0.1) is 6.92 Å². The van der Waals surface area contributed by atoms with Crippen molar-refractivity contribution in [3.05, 3.63) is 89.2 Å². The molecule has 0 atom stereocenters. The van der Waals surface area contributed by atoms with Gasteiger partial charge in [-0.2, -0.15) is 0 Å². The molecule has 29 heavy (non-hydrogen) atoms. The predicted molar refractivity (Wildman–Crippen MR) is 123 cm³/mol. The minimum absolute atomic E-state index is 0.0115. The number of rotatable bonds is 6. The maximum absolute atomic E-state index is 12.4. The largest absolute Gasteiger partial charge is 0.325 e. The van der Waals surface area contributed by atoms with Gasteiger partial charge in [-0.15, -0.1) is 11.8 Å². The first-order valence-corrected chi connectivity index (χ1v) is 10.8. The Kier molecular flexibility index (Phi) is 6.75. The molecule has 3 rings (SSSR count). The highest BCUT2D eigenvalue weighted by Gasteiger charge is 2.15. The molecule has 0 bridgehead atoms. The van der Waals surface area contributed by atoms with Crippen LogP contribution in [0.15, 0.2) is 71.9 Å². The zero-order chi connectivity index (χ0) is 20.9. The fourth-order valence-electron chi connectivity index (χ4n) is 3.00. The zero-order valence-corrected chi connectivity index (χ0v) is 18.3. The number of hydrogen-bond acceptors (Lipinski definition) is 3. The summed E-state index contributed by atoms with van der Waals surface area (Å²) in [5, 5.41) is 3.00. The van der Waals surface area contributed by atoms with E-state index in [-0.39, 0.29) is 11.3 Å². The Morgan fingerprint density at radius 1 is 0.966 bits per heavy atom. The second-order valence-corrected chi connectivity index (χ2v) is 9.31. The van der Waals surface area contributed by atoms with E-state index in [4.69, 9.17) is 0 Å². The van der Waals surface area contributed by atoms with Crippen LogP contribution < -0.4 is 5.32 Å². The number of benzene rings is 2. The van der Waals surface area contributed by atoms with Crippen molar-refractivity contribution in [2.45, 2.75) is 44.4 Å². The highest BCUT2D eigenvalue weighted by molar-refractivity contribution is 8.00. The summed E-state index contributed by atoms with van der Waals surface area (Å²) in [5.74, 6) is 0.408. The molecular formula is C25H28N2OS. The molecule has 2 aromatic carbocycles. The Labute approximate surface area is 178 Å². The molecule has 1 aromatic heterocycles. The van der Waals surface area contributed by atoms with E-state index in [1.165, 1.54) is 27.1 Å². The Balaban J connectivity index is 1.56. The first-order valence-electron chi connectivity index (χ1n) is 9.83. The number of nitrogens with one attached hydrogen (secondary N) is 1. The summed E-state index contributed by atoms with van der Waals surface area (Å²) in [6.07, 6.45) is 4.47. The molecular weight excluding hydrogens is 376 g/mol. The third-order valence-corrected chi connectivity index (χ3v) is 5.97. The SMILES string of the molecule is Cc1ccc(C(C)(C)C)cc1SCC(=O)Nc1ccc(Cc2ccncc2)cc1. The lowest BCUT2D eigenvalue weighted by molar-refractivity contribution is -0.113. The van der Waals surface area contributed by atoms with E-state index < -0.39 is 0 Å². The van der Waals surface area contributed by atoms with Crippen LogP contribution in [0.1, 0.15) is 43.0 Å². The number of carbonyl (C=O) groups is 1. The lowest BCUT2D eigenvalue weighted by Crippen LogP contribution is -2.14. The average Bonchev–Trinajstić information content (AvgIpc) is 2.69. The van der Waals surface area contributed by atoms with E-state index in [1.54, 1.807) is 24.2 Å². The number of hydrogen-bond donors (Lipinski definition) is 1. The van der Waals surface area contributed by atoms with Crippen molar-refractivity contribution in [1.82, 2.24) is 4.98 Å². The molecule has 0 aliphatic heterocycles. The number of amides is 1. The van der Waals surface area contributed by atoms with Crippen LogP contribution >= 0.6 is 11.8 Å². The molecule has 0 spiro atoms. The molecule has 4 heteroatoms. The number of aromatic nitrogens is 1. The van der Waals surface area contributed by atoms with Crippen LogP contribution in [-0.4, -0.2) is 16.6 Å². The minimum atomic E-state index is 0.0115. The Morgan fingerprint density at radius 2 is 1.62 bits per heavy atom. The predicted octanol–water partition coefficient (Wildman–Crippen LogP) is 6.01. The van der Waals surface area contributed by atoms with E-state index in [9.17, 15) is 4.79 Å². The fraction of sp³-hybridized carbons (Fsp3) is 0.280. The van der Waals surface area contributed by atoms with Crippen molar-refractivity contribution in [2.75, 3.05) is 11.1 Å². The summed E-state index contributed by atoms with van der Waals surface area (Å²) >= 11 is 1.59. The van der Waals surface area contributed by atoms with Gasteiger partial charge in [0.05, 0.1) is 5.75 Å². The fourth-order valence-corrected chi connectivity index (χ4v) is 3.87. The van der Waals surface area contributed by atoms with E-state index >= 15 is 0 Å². The Morgan fingerprint density at radius 3 is 2.28 bits per heavy atom. The van der Waals surface area contributed by atoms with E-state index in [0.29, 0.717) is 5.75 Å². The van der Waals surface area contributed by atoms with Gasteiger partial charge < -0.3 is 5.32 Å². The number of nitrogens with zero attached hydrogens (tertiary/aromatic N) is 1. The van der Waals surface area contributed by atoms with Crippen LogP contribution in [0.4, 0.5) is 5.69 Å². The van der Waals surface area contributed by atoms with Crippen LogP contribution in [0.2, 0.25) is 0 Å². The number of pyridine rings is 1. The minimum Gasteiger partial charge on any atom is -0.325 e. The van der Waals surface area contributed by atoms with E-state index in [0.717, 1.165) is 12.1 Å². The monoisotopic (exact) mass is 404 g/mol. The summed E-state index contributed by atoms with van der Waals surface area (Å²) in [5.41, 5.74) is 5.85. The molecule has 0 fully saturated rings. The van der Waals surface area contributed by atoms with E-state index in [1.807, 2.05) is 24.3 Å². The highest BCUT2D eigenvalue weighted by atomic mass is 32.2. The number of carbonyl (C=O) groups excluding carboxylic acids is 1. The molecule has 3 aromatic rings. The number of thioether (sulfide) groups is 1. The van der Waals surface area contributed by atoms with Crippen molar-refractivity contribution in [3.8, 4) is 0 Å². The quantitative estimate of drug-likeness (QED) is 0.512. The molecule has 0 radical (unpaired) electrons. The second kappa shape index (κ2) is 9.27. The standard InChI is InChI=1S/C25H28N2OS/c1-18-5-8-21(25(2,3)4)16-23(18)29-17-24(28)27-22-9-6-19(7-10-22)15-20-11-13-26-14-12-20/h5-14,16H,15,17H2,1-4H3,(H,27,28). The molecule has 1 heterocycles. The summed E-state index contributed by atoms with van der Waals surface area (Å²) in [7, 11) is 0. The number of aryl methyl sites for hydroxylation is 1. The maximum atomic E-state index is 12.4. The highest BCUT2D eigenvalue weighted by Crippen LogP contribution is 2.29. The first-order chi connectivity index (χ1) is 13.8. The van der Waals surface area contributed by atoms with Gasteiger partial charge in [-0.05, 0) is 71.3 Å². The molecule has 0 aliphatic rings.